The predicted molar refractivity (Wildman–Crippen MR) is 184 cm³/mol. The number of allylic oxidation sites excluding steroid dienone is 1. The summed E-state index contributed by atoms with van der Waals surface area (Å²) in [7, 11) is 0. The fourth-order valence-corrected chi connectivity index (χ4v) is 4.47. The van der Waals surface area contributed by atoms with Crippen LogP contribution < -0.4 is 11.1 Å². The quantitative estimate of drug-likeness (QED) is 0.0825. The van der Waals surface area contributed by atoms with Gasteiger partial charge in [0.2, 0.25) is 21.7 Å². The molecule has 0 atom stereocenters. The lowest BCUT2D eigenvalue weighted by Crippen LogP contribution is -2.07. The minimum absolute atomic E-state index is 0.205. The zero-order chi connectivity index (χ0) is 32.3. The van der Waals surface area contributed by atoms with Gasteiger partial charge in [-0.3, -0.25) is 9.59 Å². The van der Waals surface area contributed by atoms with Crippen molar-refractivity contribution in [2.45, 2.75) is 0 Å². The Balaban J connectivity index is 0.000000181. The Bertz CT molecular complexity index is 2030. The number of nitrogens with two attached hydrogens (primary N) is 1. The lowest BCUT2D eigenvalue weighted by molar-refractivity contribution is -0.112. The molecule has 0 saturated carbocycles. The van der Waals surface area contributed by atoms with Crippen molar-refractivity contribution in [2.24, 2.45) is 0 Å². The van der Waals surface area contributed by atoms with Gasteiger partial charge in [-0.1, -0.05) is 73.8 Å². The fraction of sp³-hybridized carbons (Fsp3) is 0. The maximum Gasteiger partial charge on any atom is 0.247 e. The minimum atomic E-state index is -0.509. The first-order valence-corrected chi connectivity index (χ1v) is 14.4. The van der Waals surface area contributed by atoms with E-state index in [-0.39, 0.29) is 16.5 Å². The van der Waals surface area contributed by atoms with Crippen molar-refractivity contribution in [3.63, 3.8) is 0 Å². The summed E-state index contributed by atoms with van der Waals surface area (Å²) >= 11 is 16.5. The smallest absolute Gasteiger partial charge is 0.247 e. The summed E-state index contributed by atoms with van der Waals surface area (Å²) in [6.45, 7) is 6.52. The molecule has 0 spiro atoms. The molecule has 2 aromatic heterocycles. The summed E-state index contributed by atoms with van der Waals surface area (Å²) in [5, 5.41) is 4.55. The van der Waals surface area contributed by atoms with E-state index in [0.717, 1.165) is 55.8 Å². The number of halogens is 3. The summed E-state index contributed by atoms with van der Waals surface area (Å²) in [5.74, 6) is -0.250. The molecule has 0 saturated heterocycles. The second-order valence-corrected chi connectivity index (χ2v) is 10.2. The number of para-hydroxylation sites is 2. The van der Waals surface area contributed by atoms with Crippen LogP contribution in [0.5, 0.6) is 0 Å². The van der Waals surface area contributed by atoms with E-state index in [1.807, 2.05) is 84.9 Å². The molecule has 45 heavy (non-hydrogen) atoms. The molecule has 1 amide bonds. The average Bonchev–Trinajstić information content (AvgIpc) is 3.04. The highest BCUT2D eigenvalue weighted by atomic mass is 35.5. The number of hydrogen-bond acceptors (Lipinski definition) is 7. The third-order valence-corrected chi connectivity index (χ3v) is 6.67. The number of benzene rings is 4. The molecule has 6 aromatic rings. The van der Waals surface area contributed by atoms with E-state index < -0.39 is 5.24 Å². The van der Waals surface area contributed by atoms with Crippen LogP contribution in [0.4, 0.5) is 11.4 Å². The van der Waals surface area contributed by atoms with Crippen molar-refractivity contribution in [1.82, 2.24) is 19.9 Å². The maximum atomic E-state index is 11.4. The van der Waals surface area contributed by atoms with E-state index in [2.05, 4.69) is 38.4 Å². The number of nitrogens with zero attached hydrogens (tertiary/aromatic N) is 4. The monoisotopic (exact) mass is 654 g/mol. The fourth-order valence-electron chi connectivity index (χ4n) is 4.20. The number of anilines is 2. The SMILES string of the molecule is C=CC(=O)Cl.C=CC(=O)Nc1cccc(-c2cccc3cnc(Cl)nc23)c1.Nc1cccc(-c2cccc3cnc(Cl)nc23)c1. The molecule has 11 heteroatoms. The average molecular weight is 656 g/mol. The highest BCUT2D eigenvalue weighted by Crippen LogP contribution is 2.30. The maximum absolute atomic E-state index is 11.4. The summed E-state index contributed by atoms with van der Waals surface area (Å²) in [6.07, 6.45) is 5.69. The number of carbonyl (C=O) groups excluding carboxylic acids is 2. The molecule has 0 aliphatic rings. The lowest BCUT2D eigenvalue weighted by Gasteiger charge is -2.08. The van der Waals surface area contributed by atoms with Crippen LogP contribution in [0.2, 0.25) is 10.6 Å². The number of hydrogen-bond donors (Lipinski definition) is 2. The Morgan fingerprint density at radius 3 is 1.69 bits per heavy atom. The topological polar surface area (TPSA) is 124 Å². The van der Waals surface area contributed by atoms with E-state index in [4.69, 9.17) is 40.5 Å². The molecule has 0 aliphatic carbocycles. The van der Waals surface area contributed by atoms with E-state index in [1.54, 1.807) is 12.4 Å². The summed E-state index contributed by atoms with van der Waals surface area (Å²) in [5.41, 5.74) is 12.7. The number of nitrogen functional groups attached to an aromatic ring is 1. The Morgan fingerprint density at radius 2 is 1.20 bits per heavy atom. The van der Waals surface area contributed by atoms with Gasteiger partial charge in [0.05, 0.1) is 11.0 Å². The molecule has 2 heterocycles. The number of rotatable bonds is 5. The van der Waals surface area contributed by atoms with Gasteiger partial charge in [-0.05, 0) is 82.3 Å². The standard InChI is InChI=1S/C17H12ClN3O.C14H10ClN3.C3H3ClO/c1-2-15(22)20-13-7-3-5-11(9-13)14-8-4-6-12-10-19-17(18)21-16(12)14;15-14-17-8-10-4-2-6-12(13(10)18-14)9-3-1-5-11(16)7-9;1-2-3(4)5/h2-10H,1H2,(H,20,22);1-8H,16H2;2H,1H2. The molecule has 0 fully saturated rings. The van der Waals surface area contributed by atoms with Crippen molar-refractivity contribution in [1.29, 1.82) is 0 Å². The van der Waals surface area contributed by atoms with Crippen LogP contribution in [0.15, 0.2) is 123 Å². The first kappa shape index (κ1) is 32.8. The van der Waals surface area contributed by atoms with Gasteiger partial charge in [0, 0.05) is 45.7 Å². The van der Waals surface area contributed by atoms with Crippen LogP contribution >= 0.6 is 34.8 Å². The summed E-state index contributed by atoms with van der Waals surface area (Å²) in [4.78, 5) is 37.5. The molecule has 6 rings (SSSR count). The molecule has 0 aliphatic heterocycles. The molecule has 8 nitrogen and oxygen atoms in total. The zero-order valence-corrected chi connectivity index (χ0v) is 25.9. The number of nitrogens with one attached hydrogen (secondary N) is 1. The van der Waals surface area contributed by atoms with Gasteiger partial charge in [-0.2, -0.15) is 0 Å². The van der Waals surface area contributed by atoms with Crippen molar-refractivity contribution >= 4 is 79.1 Å². The van der Waals surface area contributed by atoms with E-state index >= 15 is 0 Å². The predicted octanol–water partition coefficient (Wildman–Crippen LogP) is 8.54. The molecule has 3 N–H and O–H groups in total. The van der Waals surface area contributed by atoms with Gasteiger partial charge in [-0.25, -0.2) is 19.9 Å². The van der Waals surface area contributed by atoms with Crippen molar-refractivity contribution in [2.75, 3.05) is 11.1 Å². The van der Waals surface area contributed by atoms with Gasteiger partial charge >= 0.3 is 0 Å². The third kappa shape index (κ3) is 8.93. The molecular formula is C34H25Cl3N6O2. The Hall–Kier alpha value is -5.15. The first-order chi connectivity index (χ1) is 21.7. The summed E-state index contributed by atoms with van der Waals surface area (Å²) in [6, 6.07) is 27.0. The van der Waals surface area contributed by atoms with Crippen LogP contribution in [-0.2, 0) is 9.59 Å². The molecular weight excluding hydrogens is 631 g/mol. The van der Waals surface area contributed by atoms with E-state index in [1.165, 1.54) is 6.08 Å². The number of carbonyl (C=O) groups is 2. The highest BCUT2D eigenvalue weighted by molar-refractivity contribution is 6.66. The number of fused-ring (bicyclic) bond motifs is 2. The number of aromatic nitrogens is 4. The molecule has 0 bridgehead atoms. The third-order valence-electron chi connectivity index (χ3n) is 6.15. The van der Waals surface area contributed by atoms with E-state index in [9.17, 15) is 9.59 Å². The van der Waals surface area contributed by atoms with Gasteiger partial charge < -0.3 is 11.1 Å². The Kier molecular flexibility index (Phi) is 11.3. The van der Waals surface area contributed by atoms with Crippen molar-refractivity contribution in [3.05, 3.63) is 133 Å². The molecule has 0 unspecified atom stereocenters. The van der Waals surface area contributed by atoms with Crippen LogP contribution in [0, 0.1) is 0 Å². The van der Waals surface area contributed by atoms with Gasteiger partial charge in [-0.15, -0.1) is 0 Å². The second-order valence-electron chi connectivity index (χ2n) is 9.17. The number of amides is 1. The van der Waals surface area contributed by atoms with Crippen LogP contribution in [0.1, 0.15) is 0 Å². The Labute approximate surface area is 274 Å². The van der Waals surface area contributed by atoms with Gasteiger partial charge in [0.25, 0.3) is 0 Å². The highest BCUT2D eigenvalue weighted by Gasteiger charge is 2.08. The van der Waals surface area contributed by atoms with Crippen LogP contribution in [0.25, 0.3) is 44.1 Å². The van der Waals surface area contributed by atoms with Crippen LogP contribution in [0.3, 0.4) is 0 Å². The Morgan fingerprint density at radius 1 is 0.711 bits per heavy atom. The normalized spacial score (nSPS) is 10.1. The minimum Gasteiger partial charge on any atom is -0.399 e. The summed E-state index contributed by atoms with van der Waals surface area (Å²) < 4.78 is 0. The second kappa shape index (κ2) is 15.5. The molecule has 0 radical (unpaired) electrons. The largest absolute Gasteiger partial charge is 0.399 e. The zero-order valence-electron chi connectivity index (χ0n) is 23.6. The lowest BCUT2D eigenvalue weighted by atomic mass is 10.0. The van der Waals surface area contributed by atoms with Gasteiger partial charge in [0.15, 0.2) is 0 Å². The van der Waals surface area contributed by atoms with Gasteiger partial charge in [0.1, 0.15) is 0 Å². The molecule has 224 valence electrons. The van der Waals surface area contributed by atoms with Crippen molar-refractivity contribution < 1.29 is 9.59 Å². The van der Waals surface area contributed by atoms with E-state index in [0.29, 0.717) is 5.69 Å². The molecule has 4 aromatic carbocycles. The van der Waals surface area contributed by atoms with Crippen LogP contribution in [-0.4, -0.2) is 31.1 Å². The van der Waals surface area contributed by atoms with Crippen molar-refractivity contribution in [3.8, 4) is 22.3 Å². The first-order valence-electron chi connectivity index (χ1n) is 13.2.